The number of carboxylic acids is 1. The number of aromatic amines is 2. The van der Waals surface area contributed by atoms with Crippen LogP contribution < -0.4 is 0 Å². The number of hydrogen-bond donors (Lipinski definition) is 3. The summed E-state index contributed by atoms with van der Waals surface area (Å²) in [5.74, 6) is -0.833. The number of carboxylic acid groups (broad SMARTS) is 1. The van der Waals surface area contributed by atoms with E-state index in [1.165, 1.54) is 0 Å². The predicted octanol–water partition coefficient (Wildman–Crippen LogP) is 1.23. The molecule has 0 atom stereocenters. The molecular weight excluding hydrogens is 198 g/mol. The van der Waals surface area contributed by atoms with Crippen molar-refractivity contribution in [3.05, 3.63) is 9.54 Å². The molecule has 68 valence electrons. The largest absolute Gasteiger partial charge is 0.481 e. The van der Waals surface area contributed by atoms with E-state index in [0.29, 0.717) is 9.54 Å². The van der Waals surface area contributed by atoms with E-state index in [2.05, 4.69) is 10.1 Å². The zero-order valence-corrected chi connectivity index (χ0v) is 8.25. The van der Waals surface area contributed by atoms with Crippen LogP contribution in [0.25, 0.3) is 0 Å². The van der Waals surface area contributed by atoms with Crippen molar-refractivity contribution in [1.82, 2.24) is 14.8 Å². The van der Waals surface area contributed by atoms with Crippen molar-refractivity contribution in [2.75, 3.05) is 0 Å². The highest BCUT2D eigenvalue weighted by atomic mass is 32.1. The molecule has 0 unspecified atom stereocenters. The Kier molecular flexibility index (Phi) is 4.45. The molecule has 1 rings (SSSR count). The second-order valence-electron chi connectivity index (χ2n) is 1.95. The number of aliphatic carboxylic acids is 1. The van der Waals surface area contributed by atoms with Crippen LogP contribution in [-0.2, 0) is 11.8 Å². The molecule has 1 heterocycles. The van der Waals surface area contributed by atoms with Gasteiger partial charge in [0.05, 0.1) is 0 Å². The molecule has 3 N–H and O–H groups in total. The van der Waals surface area contributed by atoms with Crippen molar-refractivity contribution in [2.45, 2.75) is 6.92 Å². The van der Waals surface area contributed by atoms with Gasteiger partial charge in [0, 0.05) is 14.0 Å². The number of rotatable bonds is 0. The van der Waals surface area contributed by atoms with Gasteiger partial charge in [0.25, 0.3) is 5.97 Å². The fraction of sp³-hybridized carbons (Fsp3) is 0.400. The highest BCUT2D eigenvalue weighted by Crippen LogP contribution is 1.80. The lowest BCUT2D eigenvalue weighted by Crippen LogP contribution is -1.87. The quantitative estimate of drug-likeness (QED) is 0.559. The Morgan fingerprint density at radius 3 is 2.08 bits per heavy atom. The molecule has 0 radical (unpaired) electrons. The van der Waals surface area contributed by atoms with E-state index in [9.17, 15) is 0 Å². The molecule has 0 aromatic carbocycles. The van der Waals surface area contributed by atoms with Crippen LogP contribution in [0.3, 0.4) is 0 Å². The first-order valence-electron chi connectivity index (χ1n) is 2.98. The highest BCUT2D eigenvalue weighted by molar-refractivity contribution is 7.72. The molecule has 0 aliphatic heterocycles. The first kappa shape index (κ1) is 11.1. The molecule has 5 nitrogen and oxygen atoms in total. The van der Waals surface area contributed by atoms with Gasteiger partial charge in [-0.05, 0) is 24.4 Å². The zero-order valence-electron chi connectivity index (χ0n) is 6.62. The SMILES string of the molecule is CC(=O)O.Cn1[nH]c(=S)[nH]c1=S. The molecular formula is C5H9N3O2S2. The molecule has 0 aliphatic rings. The van der Waals surface area contributed by atoms with Crippen molar-refractivity contribution in [2.24, 2.45) is 7.05 Å². The first-order valence-corrected chi connectivity index (χ1v) is 3.80. The van der Waals surface area contributed by atoms with Gasteiger partial charge in [-0.2, -0.15) is 0 Å². The number of nitrogens with zero attached hydrogens (tertiary/aromatic N) is 1. The Bertz CT molecular complexity index is 357. The number of carbonyl (C=O) groups is 1. The fourth-order valence-corrected chi connectivity index (χ4v) is 0.858. The fourth-order valence-electron chi connectivity index (χ4n) is 0.412. The first-order chi connectivity index (χ1) is 5.43. The molecule has 0 fully saturated rings. The van der Waals surface area contributed by atoms with Gasteiger partial charge in [0.1, 0.15) is 0 Å². The Morgan fingerprint density at radius 2 is 2.00 bits per heavy atom. The number of hydrogen-bond acceptors (Lipinski definition) is 3. The van der Waals surface area contributed by atoms with E-state index in [1.807, 2.05) is 0 Å². The predicted molar refractivity (Wildman–Crippen MR) is 49.1 cm³/mol. The molecule has 1 aromatic rings. The van der Waals surface area contributed by atoms with Gasteiger partial charge in [-0.3, -0.25) is 14.6 Å². The van der Waals surface area contributed by atoms with Gasteiger partial charge in [0.2, 0.25) is 0 Å². The highest BCUT2D eigenvalue weighted by Gasteiger charge is 1.81. The second-order valence-corrected chi connectivity index (χ2v) is 2.74. The third-order valence-corrected chi connectivity index (χ3v) is 1.36. The Hall–Kier alpha value is -0.950. The van der Waals surface area contributed by atoms with E-state index in [0.717, 1.165) is 6.92 Å². The van der Waals surface area contributed by atoms with Crippen LogP contribution in [-0.4, -0.2) is 25.8 Å². The van der Waals surface area contributed by atoms with Gasteiger partial charge in [-0.15, -0.1) is 0 Å². The zero-order chi connectivity index (χ0) is 9.72. The van der Waals surface area contributed by atoms with Gasteiger partial charge >= 0.3 is 0 Å². The van der Waals surface area contributed by atoms with Crippen LogP contribution in [0.1, 0.15) is 6.92 Å². The molecule has 1 aromatic heterocycles. The lowest BCUT2D eigenvalue weighted by atomic mass is 10.9. The van der Waals surface area contributed by atoms with Gasteiger partial charge in [-0.1, -0.05) is 0 Å². The minimum Gasteiger partial charge on any atom is -0.481 e. The van der Waals surface area contributed by atoms with Crippen LogP contribution in [0.15, 0.2) is 0 Å². The summed E-state index contributed by atoms with van der Waals surface area (Å²) in [6.07, 6.45) is 0. The van der Waals surface area contributed by atoms with Crippen molar-refractivity contribution in [1.29, 1.82) is 0 Å². The van der Waals surface area contributed by atoms with E-state index in [4.69, 9.17) is 34.3 Å². The Labute approximate surface area is 79.0 Å². The number of aryl methyl sites for hydroxylation is 1. The minimum atomic E-state index is -0.833. The van der Waals surface area contributed by atoms with Crippen molar-refractivity contribution < 1.29 is 9.90 Å². The summed E-state index contributed by atoms with van der Waals surface area (Å²) < 4.78 is 2.84. The van der Waals surface area contributed by atoms with Crippen LogP contribution >= 0.6 is 24.4 Å². The average Bonchev–Trinajstić information content (AvgIpc) is 2.08. The molecule has 0 bridgehead atoms. The molecule has 0 amide bonds. The van der Waals surface area contributed by atoms with Gasteiger partial charge in [0.15, 0.2) is 9.54 Å². The third kappa shape index (κ3) is 4.80. The summed E-state index contributed by atoms with van der Waals surface area (Å²) in [6, 6.07) is 0. The molecule has 12 heavy (non-hydrogen) atoms. The monoisotopic (exact) mass is 207 g/mol. The molecule has 0 saturated carbocycles. The molecule has 0 saturated heterocycles. The average molecular weight is 207 g/mol. The standard InChI is InChI=1S/C3H5N3S2.C2H4O2/c1-6-3(8)4-2(7)5-6;1-2(3)4/h1H3,(H2,4,5,7,8);1H3,(H,3,4). The number of aromatic nitrogens is 3. The van der Waals surface area contributed by atoms with Gasteiger partial charge < -0.3 is 10.1 Å². The summed E-state index contributed by atoms with van der Waals surface area (Å²) >= 11 is 9.51. The van der Waals surface area contributed by atoms with Crippen molar-refractivity contribution >= 4 is 30.4 Å². The summed E-state index contributed by atoms with van der Waals surface area (Å²) in [4.78, 5) is 11.7. The Balaban J connectivity index is 0.000000261. The van der Waals surface area contributed by atoms with Crippen LogP contribution in [0.5, 0.6) is 0 Å². The summed E-state index contributed by atoms with van der Waals surface area (Å²) in [5, 5.41) is 10.2. The smallest absolute Gasteiger partial charge is 0.300 e. The number of nitrogens with one attached hydrogen (secondary N) is 2. The summed E-state index contributed by atoms with van der Waals surface area (Å²) in [7, 11) is 1.80. The van der Waals surface area contributed by atoms with Crippen molar-refractivity contribution in [3.63, 3.8) is 0 Å². The molecule has 0 spiro atoms. The maximum Gasteiger partial charge on any atom is 0.300 e. The molecule has 7 heteroatoms. The Morgan fingerprint density at radius 1 is 1.58 bits per heavy atom. The van der Waals surface area contributed by atoms with Crippen LogP contribution in [0, 0.1) is 9.54 Å². The van der Waals surface area contributed by atoms with E-state index >= 15 is 0 Å². The van der Waals surface area contributed by atoms with E-state index in [-0.39, 0.29) is 0 Å². The van der Waals surface area contributed by atoms with Crippen molar-refractivity contribution in [3.8, 4) is 0 Å². The number of H-pyrrole nitrogens is 2. The maximum absolute atomic E-state index is 9.00. The summed E-state index contributed by atoms with van der Waals surface area (Å²) in [6.45, 7) is 1.08. The second kappa shape index (κ2) is 4.83. The van der Waals surface area contributed by atoms with Gasteiger partial charge in [-0.25, -0.2) is 0 Å². The summed E-state index contributed by atoms with van der Waals surface area (Å²) in [5.41, 5.74) is 0. The molecule has 0 aliphatic carbocycles. The van der Waals surface area contributed by atoms with E-state index in [1.54, 1.807) is 11.7 Å². The lowest BCUT2D eigenvalue weighted by molar-refractivity contribution is -0.134. The van der Waals surface area contributed by atoms with Crippen LogP contribution in [0.4, 0.5) is 0 Å². The normalized spacial score (nSPS) is 8.50. The third-order valence-electron chi connectivity index (χ3n) is 0.794. The topological polar surface area (TPSA) is 73.8 Å². The minimum absolute atomic E-state index is 0.567. The maximum atomic E-state index is 9.00. The van der Waals surface area contributed by atoms with Crippen LogP contribution in [0.2, 0.25) is 0 Å². The lowest BCUT2D eigenvalue weighted by Gasteiger charge is -1.80. The van der Waals surface area contributed by atoms with E-state index < -0.39 is 5.97 Å².